The highest BCUT2D eigenvalue weighted by molar-refractivity contribution is 5.86. The van der Waals surface area contributed by atoms with Gasteiger partial charge in [0, 0.05) is 12.2 Å². The van der Waals surface area contributed by atoms with Crippen LogP contribution in [0, 0.1) is 0 Å². The highest BCUT2D eigenvalue weighted by atomic mass is 16.5. The Hall–Kier alpha value is -2.27. The number of hydrogen-bond acceptors (Lipinski definition) is 5. The van der Waals surface area contributed by atoms with Gasteiger partial charge in [-0.15, -0.1) is 0 Å². The third-order valence-corrected chi connectivity index (χ3v) is 2.98. The molecular formula is C16H19NO4. The lowest BCUT2D eigenvalue weighted by molar-refractivity contribution is 0.0488. The predicted molar refractivity (Wildman–Crippen MR) is 79.2 cm³/mol. The molecule has 0 bridgehead atoms. The van der Waals surface area contributed by atoms with E-state index >= 15 is 0 Å². The monoisotopic (exact) mass is 289 g/mol. The zero-order valence-corrected chi connectivity index (χ0v) is 12.0. The van der Waals surface area contributed by atoms with Crippen molar-refractivity contribution < 1.29 is 19.1 Å². The van der Waals surface area contributed by atoms with E-state index in [0.29, 0.717) is 25.5 Å². The number of aliphatic hydroxyl groups excluding tert-OH is 1. The van der Waals surface area contributed by atoms with E-state index in [1.165, 1.54) is 0 Å². The molecule has 1 aromatic heterocycles. The molecule has 0 saturated heterocycles. The van der Waals surface area contributed by atoms with Crippen LogP contribution in [0.3, 0.4) is 0 Å². The molecule has 0 unspecified atom stereocenters. The minimum atomic E-state index is -0.461. The summed E-state index contributed by atoms with van der Waals surface area (Å²) < 4.78 is 10.4. The van der Waals surface area contributed by atoms with Crippen molar-refractivity contribution in [3.8, 4) is 0 Å². The van der Waals surface area contributed by atoms with Crippen LogP contribution in [0.1, 0.15) is 23.2 Å². The van der Waals surface area contributed by atoms with Gasteiger partial charge < -0.3 is 19.2 Å². The van der Waals surface area contributed by atoms with Crippen molar-refractivity contribution in [3.05, 3.63) is 54.0 Å². The molecule has 2 aromatic rings. The second-order valence-corrected chi connectivity index (χ2v) is 4.47. The van der Waals surface area contributed by atoms with Crippen molar-refractivity contribution in [2.24, 2.45) is 0 Å². The second kappa shape index (κ2) is 7.50. The molecule has 0 saturated carbocycles. The highest BCUT2D eigenvalue weighted by Crippen LogP contribution is 2.18. The highest BCUT2D eigenvalue weighted by Gasteiger charge is 2.14. The normalized spacial score (nSPS) is 10.4. The molecule has 0 aliphatic carbocycles. The molecule has 5 nitrogen and oxygen atoms in total. The zero-order chi connectivity index (χ0) is 15.1. The summed E-state index contributed by atoms with van der Waals surface area (Å²) in [6, 6.07) is 13.1. The number of anilines is 1. The molecule has 0 amide bonds. The first kappa shape index (κ1) is 15.1. The first-order valence-corrected chi connectivity index (χ1v) is 6.91. The van der Waals surface area contributed by atoms with Crippen LogP contribution in [0.5, 0.6) is 0 Å². The van der Waals surface area contributed by atoms with Crippen molar-refractivity contribution >= 4 is 11.7 Å². The Kier molecular flexibility index (Phi) is 5.40. The molecule has 5 heteroatoms. The van der Waals surface area contributed by atoms with Gasteiger partial charge in [0.2, 0.25) is 5.76 Å². The SMILES string of the molecule is CCOC(=O)c1ccc(CN(CCO)c2ccccc2)o1. The van der Waals surface area contributed by atoms with Crippen LogP contribution >= 0.6 is 0 Å². The van der Waals surface area contributed by atoms with Gasteiger partial charge in [0.25, 0.3) is 0 Å². The third-order valence-electron chi connectivity index (χ3n) is 2.98. The summed E-state index contributed by atoms with van der Waals surface area (Å²) in [6.07, 6.45) is 0. The van der Waals surface area contributed by atoms with Crippen molar-refractivity contribution in [2.75, 3.05) is 24.7 Å². The number of carbonyl (C=O) groups excluding carboxylic acids is 1. The van der Waals surface area contributed by atoms with Crippen LogP contribution in [-0.4, -0.2) is 30.8 Å². The van der Waals surface area contributed by atoms with E-state index in [4.69, 9.17) is 9.15 Å². The molecule has 1 heterocycles. The fourth-order valence-electron chi connectivity index (χ4n) is 2.02. The first-order valence-electron chi connectivity index (χ1n) is 6.91. The van der Waals surface area contributed by atoms with Gasteiger partial charge in [0.15, 0.2) is 0 Å². The molecular weight excluding hydrogens is 270 g/mol. The maximum absolute atomic E-state index is 11.6. The van der Waals surface area contributed by atoms with Crippen molar-refractivity contribution in [3.63, 3.8) is 0 Å². The van der Waals surface area contributed by atoms with Crippen LogP contribution < -0.4 is 4.90 Å². The summed E-state index contributed by atoms with van der Waals surface area (Å²) in [7, 11) is 0. The summed E-state index contributed by atoms with van der Waals surface area (Å²) in [5.41, 5.74) is 0.987. The molecule has 0 aliphatic rings. The largest absolute Gasteiger partial charge is 0.460 e. The summed E-state index contributed by atoms with van der Waals surface area (Å²) in [4.78, 5) is 13.5. The number of carbonyl (C=O) groups is 1. The number of para-hydroxylation sites is 1. The van der Waals surface area contributed by atoms with Crippen molar-refractivity contribution in [1.82, 2.24) is 0 Å². The molecule has 0 radical (unpaired) electrons. The van der Waals surface area contributed by atoms with E-state index in [0.717, 1.165) is 5.69 Å². The Labute approximate surface area is 123 Å². The molecule has 0 aliphatic heterocycles. The lowest BCUT2D eigenvalue weighted by atomic mass is 10.2. The summed E-state index contributed by atoms with van der Waals surface area (Å²) in [6.45, 7) is 3.07. The van der Waals surface area contributed by atoms with Gasteiger partial charge in [0.1, 0.15) is 5.76 Å². The topological polar surface area (TPSA) is 62.9 Å². The Morgan fingerprint density at radius 2 is 2.00 bits per heavy atom. The lowest BCUT2D eigenvalue weighted by Crippen LogP contribution is -2.25. The number of esters is 1. The third kappa shape index (κ3) is 4.10. The number of hydrogen-bond donors (Lipinski definition) is 1. The van der Waals surface area contributed by atoms with E-state index < -0.39 is 5.97 Å². The van der Waals surface area contributed by atoms with E-state index in [9.17, 15) is 9.90 Å². The fourth-order valence-corrected chi connectivity index (χ4v) is 2.02. The number of aliphatic hydroxyl groups is 1. The molecule has 1 aromatic carbocycles. The standard InChI is InChI=1S/C16H19NO4/c1-2-20-16(19)15-9-8-14(21-15)12-17(10-11-18)13-6-4-3-5-7-13/h3-9,18H,2,10-12H2,1H3. The quantitative estimate of drug-likeness (QED) is 0.793. The Bertz CT molecular complexity index is 565. The van der Waals surface area contributed by atoms with Gasteiger partial charge in [-0.25, -0.2) is 4.79 Å². The van der Waals surface area contributed by atoms with Gasteiger partial charge in [0.05, 0.1) is 19.8 Å². The number of ether oxygens (including phenoxy) is 1. The van der Waals surface area contributed by atoms with E-state index in [1.807, 2.05) is 35.2 Å². The van der Waals surface area contributed by atoms with Crippen LogP contribution in [0.25, 0.3) is 0 Å². The number of rotatable bonds is 7. The maximum Gasteiger partial charge on any atom is 0.374 e. The Balaban J connectivity index is 2.09. The minimum absolute atomic E-state index is 0.0420. The number of nitrogens with zero attached hydrogens (tertiary/aromatic N) is 1. The van der Waals surface area contributed by atoms with E-state index in [2.05, 4.69) is 0 Å². The molecule has 112 valence electrons. The van der Waals surface area contributed by atoms with Crippen LogP contribution in [-0.2, 0) is 11.3 Å². The predicted octanol–water partition coefficient (Wildman–Crippen LogP) is 2.46. The zero-order valence-electron chi connectivity index (χ0n) is 12.0. The average Bonchev–Trinajstić information content (AvgIpc) is 2.97. The smallest absolute Gasteiger partial charge is 0.374 e. The molecule has 0 atom stereocenters. The summed E-state index contributed by atoms with van der Waals surface area (Å²) in [5.74, 6) is 0.386. The van der Waals surface area contributed by atoms with Crippen molar-refractivity contribution in [2.45, 2.75) is 13.5 Å². The number of benzene rings is 1. The molecule has 1 N–H and O–H groups in total. The fraction of sp³-hybridized carbons (Fsp3) is 0.312. The minimum Gasteiger partial charge on any atom is -0.460 e. The van der Waals surface area contributed by atoms with Gasteiger partial charge >= 0.3 is 5.97 Å². The van der Waals surface area contributed by atoms with E-state index in [-0.39, 0.29) is 12.4 Å². The van der Waals surface area contributed by atoms with Crippen LogP contribution in [0.15, 0.2) is 46.9 Å². The van der Waals surface area contributed by atoms with Gasteiger partial charge in [-0.1, -0.05) is 18.2 Å². The maximum atomic E-state index is 11.6. The second-order valence-electron chi connectivity index (χ2n) is 4.47. The molecule has 21 heavy (non-hydrogen) atoms. The Morgan fingerprint density at radius 3 is 2.67 bits per heavy atom. The first-order chi connectivity index (χ1) is 10.2. The lowest BCUT2D eigenvalue weighted by Gasteiger charge is -2.22. The molecule has 2 rings (SSSR count). The van der Waals surface area contributed by atoms with Crippen molar-refractivity contribution in [1.29, 1.82) is 0 Å². The van der Waals surface area contributed by atoms with Crippen LogP contribution in [0.2, 0.25) is 0 Å². The number of furan rings is 1. The summed E-state index contributed by atoms with van der Waals surface area (Å²) >= 11 is 0. The van der Waals surface area contributed by atoms with Gasteiger partial charge in [-0.05, 0) is 31.2 Å². The van der Waals surface area contributed by atoms with E-state index in [1.54, 1.807) is 19.1 Å². The summed E-state index contributed by atoms with van der Waals surface area (Å²) in [5, 5.41) is 9.19. The van der Waals surface area contributed by atoms with Gasteiger partial charge in [-0.3, -0.25) is 0 Å². The average molecular weight is 289 g/mol. The molecule has 0 spiro atoms. The van der Waals surface area contributed by atoms with Crippen LogP contribution in [0.4, 0.5) is 5.69 Å². The Morgan fingerprint density at radius 1 is 1.24 bits per heavy atom. The van der Waals surface area contributed by atoms with Gasteiger partial charge in [-0.2, -0.15) is 0 Å². The molecule has 0 fully saturated rings.